The molecule has 2 fully saturated rings. The van der Waals surface area contributed by atoms with Crippen molar-refractivity contribution >= 4 is 29.6 Å². The molecule has 3 rings (SSSR count). The first-order valence-electron chi connectivity index (χ1n) is 11.5. The minimum Gasteiger partial charge on any atom is -0.444 e. The van der Waals surface area contributed by atoms with Crippen LogP contribution in [0.4, 0.5) is 15.3 Å². The van der Waals surface area contributed by atoms with Crippen LogP contribution in [0.25, 0.3) is 0 Å². The number of para-hydroxylation sites is 1. The van der Waals surface area contributed by atoms with Gasteiger partial charge in [-0.2, -0.15) is 0 Å². The smallest absolute Gasteiger partial charge is 0.410 e. The number of nitrogens with one attached hydrogen (secondary N) is 2. The van der Waals surface area contributed by atoms with Crippen LogP contribution < -0.4 is 10.6 Å². The third-order valence-electron chi connectivity index (χ3n) is 6.09. The molecule has 1 unspecified atom stereocenters. The number of benzene rings is 1. The lowest BCUT2D eigenvalue weighted by atomic mass is 9.97. The number of anilines is 1. The molecule has 180 valence electrons. The number of imide groups is 1. The van der Waals surface area contributed by atoms with Crippen molar-refractivity contribution in [1.29, 1.82) is 0 Å². The van der Waals surface area contributed by atoms with Gasteiger partial charge in [0.05, 0.1) is 6.54 Å². The topological polar surface area (TPSA) is 108 Å². The molecule has 0 aromatic heterocycles. The van der Waals surface area contributed by atoms with Crippen LogP contribution in [0, 0.1) is 0 Å². The molecule has 1 saturated heterocycles. The van der Waals surface area contributed by atoms with Gasteiger partial charge in [-0.1, -0.05) is 31.0 Å². The van der Waals surface area contributed by atoms with Crippen molar-refractivity contribution in [3.05, 3.63) is 29.8 Å². The summed E-state index contributed by atoms with van der Waals surface area (Å²) in [5.74, 6) is -0.802. The summed E-state index contributed by atoms with van der Waals surface area (Å²) in [6, 6.07) is 5.63. The first kappa shape index (κ1) is 24.5. The van der Waals surface area contributed by atoms with Gasteiger partial charge in [0.15, 0.2) is 0 Å². The normalized spacial score (nSPS) is 18.3. The second-order valence-corrected chi connectivity index (χ2v) is 9.71. The fraction of sp³-hybridized carbons (Fsp3) is 0.583. The fourth-order valence-electron chi connectivity index (χ4n) is 4.28. The molecule has 1 spiro atoms. The van der Waals surface area contributed by atoms with E-state index in [9.17, 15) is 19.2 Å². The molecule has 5 amide bonds. The summed E-state index contributed by atoms with van der Waals surface area (Å²) in [5, 5.41) is 5.64. The van der Waals surface area contributed by atoms with Crippen molar-refractivity contribution in [2.45, 2.75) is 84.0 Å². The Labute approximate surface area is 194 Å². The Kier molecular flexibility index (Phi) is 7.00. The molecule has 9 heteroatoms. The van der Waals surface area contributed by atoms with Crippen LogP contribution in [0.1, 0.15) is 65.9 Å². The van der Waals surface area contributed by atoms with E-state index < -0.39 is 35.2 Å². The number of hydrogen-bond acceptors (Lipinski definition) is 5. The molecule has 1 saturated carbocycles. The van der Waals surface area contributed by atoms with Crippen LogP contribution in [0.15, 0.2) is 24.3 Å². The molecule has 0 radical (unpaired) electrons. The van der Waals surface area contributed by atoms with Gasteiger partial charge in [-0.15, -0.1) is 0 Å². The van der Waals surface area contributed by atoms with E-state index in [1.54, 1.807) is 44.7 Å². The summed E-state index contributed by atoms with van der Waals surface area (Å²) in [6.45, 7) is 9.48. The predicted octanol–water partition coefficient (Wildman–Crippen LogP) is 3.64. The number of carbonyl (C=O) groups excluding carboxylic acids is 4. The van der Waals surface area contributed by atoms with Gasteiger partial charge in [-0.25, -0.2) is 14.5 Å². The summed E-state index contributed by atoms with van der Waals surface area (Å²) >= 11 is 0. The van der Waals surface area contributed by atoms with Crippen LogP contribution in [-0.2, 0) is 20.9 Å². The van der Waals surface area contributed by atoms with E-state index in [4.69, 9.17) is 4.74 Å². The van der Waals surface area contributed by atoms with Gasteiger partial charge >= 0.3 is 12.1 Å². The van der Waals surface area contributed by atoms with Crippen LogP contribution in [0.2, 0.25) is 0 Å². The molecular formula is C24H34N4O5. The zero-order valence-corrected chi connectivity index (χ0v) is 20.1. The summed E-state index contributed by atoms with van der Waals surface area (Å²) < 4.78 is 5.47. The first-order valence-corrected chi connectivity index (χ1v) is 11.5. The highest BCUT2D eigenvalue weighted by molar-refractivity contribution is 6.11. The lowest BCUT2D eigenvalue weighted by Crippen LogP contribution is -2.48. The van der Waals surface area contributed by atoms with E-state index in [0.717, 1.165) is 23.3 Å². The Hall–Kier alpha value is -3.10. The van der Waals surface area contributed by atoms with Gasteiger partial charge in [0.1, 0.15) is 17.2 Å². The largest absolute Gasteiger partial charge is 0.444 e. The number of hydrogen-bond donors (Lipinski definition) is 2. The second-order valence-electron chi connectivity index (χ2n) is 9.71. The van der Waals surface area contributed by atoms with Crippen LogP contribution in [-0.4, -0.2) is 57.5 Å². The Bertz CT molecular complexity index is 933. The van der Waals surface area contributed by atoms with Gasteiger partial charge < -0.3 is 20.3 Å². The first-order chi connectivity index (χ1) is 15.5. The number of rotatable bonds is 6. The molecular weight excluding hydrogens is 424 g/mol. The van der Waals surface area contributed by atoms with Gasteiger partial charge in [-0.3, -0.25) is 9.59 Å². The van der Waals surface area contributed by atoms with E-state index in [-0.39, 0.29) is 12.5 Å². The van der Waals surface area contributed by atoms with Gasteiger partial charge in [-0.05, 0) is 59.1 Å². The summed E-state index contributed by atoms with van der Waals surface area (Å²) in [5.41, 5.74) is -0.250. The number of amides is 5. The third kappa shape index (κ3) is 5.29. The molecule has 33 heavy (non-hydrogen) atoms. The van der Waals surface area contributed by atoms with Gasteiger partial charge in [0.25, 0.3) is 5.91 Å². The molecule has 1 aromatic rings. The molecule has 1 atom stereocenters. The molecule has 1 aliphatic carbocycles. The zero-order valence-electron chi connectivity index (χ0n) is 20.1. The third-order valence-corrected chi connectivity index (χ3v) is 6.09. The predicted molar refractivity (Wildman–Crippen MR) is 123 cm³/mol. The minimum atomic E-state index is -0.973. The average Bonchev–Trinajstić information content (AvgIpc) is 3.30. The fourth-order valence-corrected chi connectivity index (χ4v) is 4.28. The Morgan fingerprint density at radius 2 is 1.85 bits per heavy atom. The minimum absolute atomic E-state index is 0.239. The molecule has 1 aliphatic heterocycles. The van der Waals surface area contributed by atoms with E-state index in [1.807, 2.05) is 19.1 Å². The highest BCUT2D eigenvalue weighted by Gasteiger charge is 2.54. The van der Waals surface area contributed by atoms with Gasteiger partial charge in [0.2, 0.25) is 5.91 Å². The van der Waals surface area contributed by atoms with Crippen LogP contribution in [0.5, 0.6) is 0 Å². The van der Waals surface area contributed by atoms with Crippen molar-refractivity contribution < 1.29 is 23.9 Å². The maximum absolute atomic E-state index is 13.0. The molecule has 1 heterocycles. The van der Waals surface area contributed by atoms with Crippen LogP contribution >= 0.6 is 0 Å². The quantitative estimate of drug-likeness (QED) is 0.633. The lowest BCUT2D eigenvalue weighted by molar-refractivity contribution is -0.136. The van der Waals surface area contributed by atoms with Gasteiger partial charge in [0, 0.05) is 12.2 Å². The number of ether oxygens (including phenoxy) is 1. The highest BCUT2D eigenvalue weighted by atomic mass is 16.6. The molecule has 1 aromatic carbocycles. The van der Waals surface area contributed by atoms with E-state index >= 15 is 0 Å². The summed E-state index contributed by atoms with van der Waals surface area (Å²) in [4.78, 5) is 53.7. The molecule has 0 bridgehead atoms. The zero-order chi connectivity index (χ0) is 24.4. The Morgan fingerprint density at radius 3 is 2.45 bits per heavy atom. The van der Waals surface area contributed by atoms with E-state index in [2.05, 4.69) is 10.6 Å². The molecule has 9 nitrogen and oxygen atoms in total. The number of nitrogens with zero attached hydrogens (tertiary/aromatic N) is 2. The molecule has 2 N–H and O–H groups in total. The maximum atomic E-state index is 13.0. The second kappa shape index (κ2) is 9.41. The molecule has 2 aliphatic rings. The number of urea groups is 1. The van der Waals surface area contributed by atoms with Crippen molar-refractivity contribution in [2.75, 3.05) is 11.9 Å². The summed E-state index contributed by atoms with van der Waals surface area (Å²) in [6.07, 6.45) is 2.50. The maximum Gasteiger partial charge on any atom is 0.410 e. The van der Waals surface area contributed by atoms with Crippen molar-refractivity contribution in [3.63, 3.8) is 0 Å². The monoisotopic (exact) mass is 458 g/mol. The highest BCUT2D eigenvalue weighted by Crippen LogP contribution is 2.36. The Morgan fingerprint density at radius 1 is 1.21 bits per heavy atom. The Balaban J connectivity index is 1.72. The van der Waals surface area contributed by atoms with Crippen molar-refractivity contribution in [3.8, 4) is 0 Å². The lowest BCUT2D eigenvalue weighted by Gasteiger charge is -2.27. The summed E-state index contributed by atoms with van der Waals surface area (Å²) in [7, 11) is 0. The van der Waals surface area contributed by atoms with Crippen molar-refractivity contribution in [2.24, 2.45) is 0 Å². The standard InChI is InChI=1S/C24H34N4O5/c1-6-27(22(32)33-23(3,4)5)15-17-11-7-8-12-18(17)25-19(29)16(2)28-20(30)24(26-21(28)31)13-9-10-14-24/h7-8,11-12,16H,6,9-10,13-15H2,1-5H3,(H,25,29)(H,26,31). The van der Waals surface area contributed by atoms with Crippen LogP contribution in [0.3, 0.4) is 0 Å². The SMILES string of the molecule is CCN(Cc1ccccc1NC(=O)C(C)N1C(=O)NC2(CCCC2)C1=O)C(=O)OC(C)(C)C. The average molecular weight is 459 g/mol. The van der Waals surface area contributed by atoms with E-state index in [0.29, 0.717) is 25.1 Å². The van der Waals surface area contributed by atoms with E-state index in [1.165, 1.54) is 0 Å². The van der Waals surface area contributed by atoms with Crippen molar-refractivity contribution in [1.82, 2.24) is 15.1 Å². The number of carbonyl (C=O) groups is 4.